The van der Waals surface area contributed by atoms with Gasteiger partial charge in [-0.25, -0.2) is 0 Å². The van der Waals surface area contributed by atoms with Gasteiger partial charge in [-0.15, -0.1) is 6.58 Å². The van der Waals surface area contributed by atoms with E-state index in [0.717, 1.165) is 11.8 Å². The Kier molecular flexibility index (Phi) is 5.27. The third-order valence-corrected chi connectivity index (χ3v) is 2.53. The molecule has 11 heavy (non-hydrogen) atoms. The molecule has 0 heterocycles. The molecule has 0 heteroatoms. The maximum Gasteiger partial charge on any atom is -0.0234 e. The topological polar surface area (TPSA) is 0 Å². The minimum atomic E-state index is 0.676. The molecule has 0 nitrogen and oxygen atoms in total. The summed E-state index contributed by atoms with van der Waals surface area (Å²) >= 11 is 0. The van der Waals surface area contributed by atoms with Crippen LogP contribution in [0.1, 0.15) is 40.5 Å². The van der Waals surface area contributed by atoms with Crippen LogP contribution < -0.4 is 0 Å². The molecule has 0 aliphatic rings. The third-order valence-electron chi connectivity index (χ3n) is 2.53. The molecule has 0 bridgehead atoms. The Labute approximate surface area is 71.7 Å². The van der Waals surface area contributed by atoms with Crippen molar-refractivity contribution in [1.82, 2.24) is 0 Å². The van der Waals surface area contributed by atoms with Gasteiger partial charge in [0, 0.05) is 0 Å². The largest absolute Gasteiger partial charge is 0.103 e. The molecular weight excluding hydrogens is 132 g/mol. The van der Waals surface area contributed by atoms with Crippen LogP contribution >= 0.6 is 0 Å². The lowest BCUT2D eigenvalue weighted by Gasteiger charge is -2.24. The van der Waals surface area contributed by atoms with Crippen LogP contribution in [0.15, 0.2) is 12.7 Å². The van der Waals surface area contributed by atoms with Crippen molar-refractivity contribution in [3.8, 4) is 0 Å². The second-order valence-electron chi connectivity index (χ2n) is 3.79. The monoisotopic (exact) mass is 154 g/mol. The Morgan fingerprint density at radius 3 is 2.09 bits per heavy atom. The molecule has 0 spiro atoms. The molecular formula is C11H22. The first-order chi connectivity index (χ1) is 5.13. The highest BCUT2D eigenvalue weighted by atomic mass is 14.2. The average Bonchev–Trinajstić information content (AvgIpc) is 1.98. The van der Waals surface area contributed by atoms with Gasteiger partial charge in [0.05, 0.1) is 0 Å². The van der Waals surface area contributed by atoms with E-state index < -0.39 is 0 Å². The predicted molar refractivity (Wildman–Crippen MR) is 52.6 cm³/mol. The summed E-state index contributed by atoms with van der Waals surface area (Å²) in [6.45, 7) is 13.0. The zero-order chi connectivity index (χ0) is 8.85. The van der Waals surface area contributed by atoms with Gasteiger partial charge in [-0.1, -0.05) is 40.2 Å². The van der Waals surface area contributed by atoms with Crippen LogP contribution in [0.25, 0.3) is 0 Å². The van der Waals surface area contributed by atoms with Crippen molar-refractivity contribution >= 4 is 0 Å². The van der Waals surface area contributed by atoms with Gasteiger partial charge in [-0.3, -0.25) is 0 Å². The van der Waals surface area contributed by atoms with Crippen molar-refractivity contribution < 1.29 is 0 Å². The Bertz CT molecular complexity index is 103. The highest BCUT2D eigenvalue weighted by molar-refractivity contribution is 4.82. The van der Waals surface area contributed by atoms with Crippen LogP contribution in [0.4, 0.5) is 0 Å². The van der Waals surface area contributed by atoms with E-state index in [4.69, 9.17) is 0 Å². The van der Waals surface area contributed by atoms with Gasteiger partial charge >= 0.3 is 0 Å². The quantitative estimate of drug-likeness (QED) is 0.527. The predicted octanol–water partition coefficient (Wildman–Crippen LogP) is 3.88. The summed E-state index contributed by atoms with van der Waals surface area (Å²) < 4.78 is 0. The van der Waals surface area contributed by atoms with Gasteiger partial charge in [0.2, 0.25) is 0 Å². The smallest absolute Gasteiger partial charge is 0.0234 e. The Morgan fingerprint density at radius 2 is 1.82 bits per heavy atom. The molecule has 0 saturated heterocycles. The third kappa shape index (κ3) is 3.60. The van der Waals surface area contributed by atoms with Crippen molar-refractivity contribution in [3.63, 3.8) is 0 Å². The van der Waals surface area contributed by atoms with Gasteiger partial charge in [-0.2, -0.15) is 0 Å². The molecule has 0 aliphatic heterocycles. The summed E-state index contributed by atoms with van der Waals surface area (Å²) in [5.74, 6) is 2.30. The highest BCUT2D eigenvalue weighted by Gasteiger charge is 2.16. The van der Waals surface area contributed by atoms with E-state index in [-0.39, 0.29) is 0 Å². The van der Waals surface area contributed by atoms with Gasteiger partial charge in [0.15, 0.2) is 0 Å². The first-order valence-corrected chi connectivity index (χ1v) is 4.76. The van der Waals surface area contributed by atoms with E-state index in [1.165, 1.54) is 12.8 Å². The molecule has 0 rings (SSSR count). The lowest BCUT2D eigenvalue weighted by atomic mass is 9.81. The summed E-state index contributed by atoms with van der Waals surface area (Å²) in [4.78, 5) is 0. The van der Waals surface area contributed by atoms with Crippen molar-refractivity contribution in [1.29, 1.82) is 0 Å². The first kappa shape index (κ1) is 10.7. The minimum Gasteiger partial charge on any atom is -0.103 e. The number of hydrogen-bond acceptors (Lipinski definition) is 0. The second-order valence-corrected chi connectivity index (χ2v) is 3.79. The zero-order valence-electron chi connectivity index (χ0n) is 8.43. The normalized spacial score (nSPS) is 16.5. The fourth-order valence-corrected chi connectivity index (χ4v) is 1.71. The maximum absolute atomic E-state index is 3.85. The summed E-state index contributed by atoms with van der Waals surface area (Å²) in [5.41, 5.74) is 0. The lowest BCUT2D eigenvalue weighted by molar-refractivity contribution is 0.290. The first-order valence-electron chi connectivity index (χ1n) is 4.76. The molecule has 0 aliphatic carbocycles. The van der Waals surface area contributed by atoms with Gasteiger partial charge < -0.3 is 0 Å². The maximum atomic E-state index is 3.85. The summed E-state index contributed by atoms with van der Waals surface area (Å²) in [7, 11) is 0. The lowest BCUT2D eigenvalue weighted by Crippen LogP contribution is -2.15. The highest BCUT2D eigenvalue weighted by Crippen LogP contribution is 2.25. The zero-order valence-corrected chi connectivity index (χ0v) is 8.43. The molecule has 0 fully saturated rings. The van der Waals surface area contributed by atoms with E-state index in [1.807, 2.05) is 0 Å². The Morgan fingerprint density at radius 1 is 1.27 bits per heavy atom. The fraction of sp³-hybridized carbons (Fsp3) is 0.818. The Hall–Kier alpha value is -0.260. The van der Waals surface area contributed by atoms with Gasteiger partial charge in [0.25, 0.3) is 0 Å². The molecule has 0 amide bonds. The molecule has 0 aromatic carbocycles. The van der Waals surface area contributed by atoms with Crippen molar-refractivity contribution in [2.24, 2.45) is 17.8 Å². The van der Waals surface area contributed by atoms with Crippen LogP contribution in [0, 0.1) is 17.8 Å². The van der Waals surface area contributed by atoms with Gasteiger partial charge in [0.1, 0.15) is 0 Å². The van der Waals surface area contributed by atoms with E-state index in [9.17, 15) is 0 Å². The second kappa shape index (κ2) is 5.40. The molecule has 0 N–H and O–H groups in total. The van der Waals surface area contributed by atoms with Crippen LogP contribution in [0.5, 0.6) is 0 Å². The number of rotatable bonds is 5. The Balaban J connectivity index is 3.97. The van der Waals surface area contributed by atoms with E-state index in [1.54, 1.807) is 0 Å². The summed E-state index contributed by atoms with van der Waals surface area (Å²) in [6, 6.07) is 0. The van der Waals surface area contributed by atoms with E-state index in [0.29, 0.717) is 5.92 Å². The SMILES string of the molecule is C=CC(C)C(CCC)C(C)C. The molecule has 0 aromatic heterocycles. The van der Waals surface area contributed by atoms with Crippen molar-refractivity contribution in [2.45, 2.75) is 40.5 Å². The molecule has 0 saturated carbocycles. The van der Waals surface area contributed by atoms with Crippen molar-refractivity contribution in [2.75, 3.05) is 0 Å². The molecule has 66 valence electrons. The van der Waals surface area contributed by atoms with Crippen LogP contribution in [0.3, 0.4) is 0 Å². The standard InChI is InChI=1S/C11H22/c1-6-8-11(9(3)4)10(5)7-2/h7,9-11H,2,6,8H2,1,3-5H3. The summed E-state index contributed by atoms with van der Waals surface area (Å²) in [5, 5.41) is 0. The van der Waals surface area contributed by atoms with Crippen LogP contribution in [-0.4, -0.2) is 0 Å². The average molecular weight is 154 g/mol. The number of allylic oxidation sites excluding steroid dienone is 1. The fourth-order valence-electron chi connectivity index (χ4n) is 1.71. The van der Waals surface area contributed by atoms with Crippen molar-refractivity contribution in [3.05, 3.63) is 12.7 Å². The van der Waals surface area contributed by atoms with Crippen LogP contribution in [-0.2, 0) is 0 Å². The van der Waals surface area contributed by atoms with Gasteiger partial charge in [-0.05, 0) is 24.2 Å². The molecule has 2 atom stereocenters. The van der Waals surface area contributed by atoms with Crippen LogP contribution in [0.2, 0.25) is 0 Å². The van der Waals surface area contributed by atoms with E-state index in [2.05, 4.69) is 40.3 Å². The minimum absolute atomic E-state index is 0.676. The molecule has 2 unspecified atom stereocenters. The molecule has 0 aromatic rings. The summed E-state index contributed by atoms with van der Waals surface area (Å²) in [6.07, 6.45) is 4.71. The van der Waals surface area contributed by atoms with E-state index >= 15 is 0 Å². The molecule has 0 radical (unpaired) electrons. The number of hydrogen-bond donors (Lipinski definition) is 0.